The van der Waals surface area contributed by atoms with E-state index in [1.54, 1.807) is 0 Å². The number of rotatable bonds is 3. The van der Waals surface area contributed by atoms with E-state index in [9.17, 15) is 4.39 Å². The number of hydrogen-bond acceptors (Lipinski definition) is 3. The summed E-state index contributed by atoms with van der Waals surface area (Å²) in [7, 11) is 0. The van der Waals surface area contributed by atoms with Gasteiger partial charge in [0, 0.05) is 12.6 Å². The number of aromatic hydroxyl groups is 1. The Morgan fingerprint density at radius 2 is 2.14 bits per heavy atom. The second kappa shape index (κ2) is 4.59. The van der Waals surface area contributed by atoms with Gasteiger partial charge >= 0.3 is 0 Å². The van der Waals surface area contributed by atoms with E-state index in [0.717, 1.165) is 6.07 Å². The number of aliphatic hydroxyl groups excluding tert-OH is 1. The summed E-state index contributed by atoms with van der Waals surface area (Å²) in [5.74, 6) is -1.38. The van der Waals surface area contributed by atoms with Crippen LogP contribution in [0.1, 0.15) is 18.0 Å². The van der Waals surface area contributed by atoms with Crippen LogP contribution >= 0.6 is 11.6 Å². The minimum absolute atomic E-state index is 0.0756. The van der Waals surface area contributed by atoms with Gasteiger partial charge in [0.1, 0.15) is 0 Å². The van der Waals surface area contributed by atoms with Gasteiger partial charge in [0.25, 0.3) is 0 Å². The third kappa shape index (κ3) is 2.35. The maximum Gasteiger partial charge on any atom is 0.170 e. The Bertz CT molecular complexity index is 310. The smallest absolute Gasteiger partial charge is 0.170 e. The highest BCUT2D eigenvalue weighted by Crippen LogP contribution is 2.30. The fourth-order valence-electron chi connectivity index (χ4n) is 1.10. The number of benzene rings is 1. The molecule has 0 amide bonds. The fourth-order valence-corrected chi connectivity index (χ4v) is 1.32. The predicted molar refractivity (Wildman–Crippen MR) is 51.7 cm³/mol. The summed E-state index contributed by atoms with van der Waals surface area (Å²) in [6.45, 7) is -0.0821. The molecule has 0 saturated carbocycles. The molecule has 0 aliphatic rings. The first-order chi connectivity index (χ1) is 6.56. The number of aliphatic hydroxyl groups is 1. The van der Waals surface area contributed by atoms with E-state index in [1.807, 2.05) is 0 Å². The van der Waals surface area contributed by atoms with Crippen LogP contribution in [0.3, 0.4) is 0 Å². The van der Waals surface area contributed by atoms with Crippen molar-refractivity contribution in [3.8, 4) is 5.75 Å². The molecule has 0 spiro atoms. The summed E-state index contributed by atoms with van der Waals surface area (Å²) in [5, 5.41) is 17.6. The second-order valence-electron chi connectivity index (χ2n) is 2.95. The molecule has 1 aromatic carbocycles. The average Bonchev–Trinajstić information content (AvgIpc) is 2.13. The van der Waals surface area contributed by atoms with E-state index in [4.69, 9.17) is 27.5 Å². The van der Waals surface area contributed by atoms with Crippen LogP contribution in [0.2, 0.25) is 5.02 Å². The van der Waals surface area contributed by atoms with E-state index < -0.39 is 17.6 Å². The van der Waals surface area contributed by atoms with E-state index in [0.29, 0.717) is 12.0 Å². The Morgan fingerprint density at radius 3 is 2.64 bits per heavy atom. The Kier molecular flexibility index (Phi) is 3.69. The summed E-state index contributed by atoms with van der Waals surface area (Å²) in [5.41, 5.74) is 6.08. The van der Waals surface area contributed by atoms with Gasteiger partial charge in [-0.05, 0) is 24.1 Å². The molecule has 1 rings (SSSR count). The molecular weight excluding hydrogens is 209 g/mol. The Morgan fingerprint density at radius 1 is 1.50 bits per heavy atom. The predicted octanol–water partition coefficient (Wildman–Crippen LogP) is 1.57. The maximum absolute atomic E-state index is 13.0. The van der Waals surface area contributed by atoms with Crippen LogP contribution in [0.25, 0.3) is 0 Å². The van der Waals surface area contributed by atoms with Crippen molar-refractivity contribution in [1.82, 2.24) is 0 Å². The van der Waals surface area contributed by atoms with Crippen molar-refractivity contribution in [2.24, 2.45) is 5.73 Å². The van der Waals surface area contributed by atoms with Gasteiger partial charge in [-0.2, -0.15) is 0 Å². The van der Waals surface area contributed by atoms with Gasteiger partial charge in [0.2, 0.25) is 0 Å². The van der Waals surface area contributed by atoms with Gasteiger partial charge in [-0.25, -0.2) is 4.39 Å². The largest absolute Gasteiger partial charge is 0.504 e. The lowest BCUT2D eigenvalue weighted by atomic mass is 10.0. The maximum atomic E-state index is 13.0. The molecule has 0 radical (unpaired) electrons. The summed E-state index contributed by atoms with van der Waals surface area (Å²) in [4.78, 5) is 0. The normalized spacial score (nSPS) is 12.9. The molecule has 14 heavy (non-hydrogen) atoms. The second-order valence-corrected chi connectivity index (χ2v) is 3.36. The van der Waals surface area contributed by atoms with Crippen molar-refractivity contribution in [1.29, 1.82) is 0 Å². The van der Waals surface area contributed by atoms with Gasteiger partial charge < -0.3 is 15.9 Å². The van der Waals surface area contributed by atoms with Crippen molar-refractivity contribution in [2.75, 3.05) is 6.61 Å². The molecule has 0 fully saturated rings. The van der Waals surface area contributed by atoms with E-state index in [-0.39, 0.29) is 11.6 Å². The highest BCUT2D eigenvalue weighted by molar-refractivity contribution is 6.32. The van der Waals surface area contributed by atoms with E-state index >= 15 is 0 Å². The van der Waals surface area contributed by atoms with Gasteiger partial charge in [0.05, 0.1) is 5.02 Å². The third-order valence-corrected chi connectivity index (χ3v) is 2.20. The SMILES string of the molecule is NC(CCO)c1cc(F)c(O)c(Cl)c1. The molecule has 0 aromatic heterocycles. The molecule has 78 valence electrons. The van der Waals surface area contributed by atoms with Gasteiger partial charge in [-0.1, -0.05) is 11.6 Å². The monoisotopic (exact) mass is 219 g/mol. The zero-order valence-electron chi connectivity index (χ0n) is 7.37. The summed E-state index contributed by atoms with van der Waals surface area (Å²) in [6, 6.07) is 2.02. The molecule has 0 heterocycles. The minimum Gasteiger partial charge on any atom is -0.504 e. The zero-order valence-corrected chi connectivity index (χ0v) is 8.13. The van der Waals surface area contributed by atoms with Crippen molar-refractivity contribution >= 4 is 11.6 Å². The van der Waals surface area contributed by atoms with Crippen LogP contribution < -0.4 is 5.73 Å². The molecule has 1 aromatic rings. The van der Waals surface area contributed by atoms with E-state index in [1.165, 1.54) is 6.07 Å². The third-order valence-electron chi connectivity index (χ3n) is 1.91. The molecule has 3 nitrogen and oxygen atoms in total. The lowest BCUT2D eigenvalue weighted by molar-refractivity contribution is 0.276. The average molecular weight is 220 g/mol. The number of halogens is 2. The minimum atomic E-state index is -0.805. The van der Waals surface area contributed by atoms with Crippen LogP contribution in [-0.2, 0) is 0 Å². The fraction of sp³-hybridized carbons (Fsp3) is 0.333. The Labute approximate surface area is 85.9 Å². The number of phenols is 1. The standard InChI is InChI=1S/C9H11ClFNO2/c10-6-3-5(8(12)1-2-13)4-7(11)9(6)14/h3-4,8,13-14H,1-2,12H2. The van der Waals surface area contributed by atoms with Crippen molar-refractivity contribution in [3.63, 3.8) is 0 Å². The molecule has 1 unspecified atom stereocenters. The van der Waals surface area contributed by atoms with Crippen molar-refractivity contribution < 1.29 is 14.6 Å². The molecule has 0 aliphatic carbocycles. The zero-order chi connectivity index (χ0) is 10.7. The van der Waals surface area contributed by atoms with Crippen LogP contribution in [0.4, 0.5) is 4.39 Å². The van der Waals surface area contributed by atoms with Gasteiger partial charge in [0.15, 0.2) is 11.6 Å². The summed E-state index contributed by atoms with van der Waals surface area (Å²) < 4.78 is 13.0. The number of nitrogens with two attached hydrogens (primary N) is 1. The molecule has 0 bridgehead atoms. The Balaban J connectivity index is 3.00. The molecule has 4 N–H and O–H groups in total. The highest BCUT2D eigenvalue weighted by atomic mass is 35.5. The van der Waals surface area contributed by atoms with Crippen LogP contribution in [-0.4, -0.2) is 16.8 Å². The topological polar surface area (TPSA) is 66.5 Å². The molecular formula is C9H11ClFNO2. The Hall–Kier alpha value is -0.840. The quantitative estimate of drug-likeness (QED) is 0.723. The van der Waals surface area contributed by atoms with Crippen molar-refractivity contribution in [2.45, 2.75) is 12.5 Å². The first-order valence-corrected chi connectivity index (χ1v) is 4.48. The van der Waals surface area contributed by atoms with Crippen LogP contribution in [0.15, 0.2) is 12.1 Å². The number of hydrogen-bond donors (Lipinski definition) is 3. The lowest BCUT2D eigenvalue weighted by Gasteiger charge is -2.11. The first-order valence-electron chi connectivity index (χ1n) is 4.10. The highest BCUT2D eigenvalue weighted by Gasteiger charge is 2.12. The van der Waals surface area contributed by atoms with Crippen LogP contribution in [0.5, 0.6) is 5.75 Å². The number of phenolic OH excluding ortho intramolecular Hbond substituents is 1. The summed E-state index contributed by atoms with van der Waals surface area (Å²) >= 11 is 5.56. The first kappa shape index (κ1) is 11.2. The molecule has 0 saturated heterocycles. The molecule has 1 atom stereocenters. The van der Waals surface area contributed by atoms with Crippen molar-refractivity contribution in [3.05, 3.63) is 28.5 Å². The lowest BCUT2D eigenvalue weighted by Crippen LogP contribution is -2.12. The van der Waals surface area contributed by atoms with Crippen LogP contribution in [0, 0.1) is 5.82 Å². The molecule has 0 aliphatic heterocycles. The van der Waals surface area contributed by atoms with E-state index in [2.05, 4.69) is 0 Å². The summed E-state index contributed by atoms with van der Waals surface area (Å²) in [6.07, 6.45) is 0.320. The van der Waals surface area contributed by atoms with Gasteiger partial charge in [-0.3, -0.25) is 0 Å². The molecule has 5 heteroatoms. The van der Waals surface area contributed by atoms with Gasteiger partial charge in [-0.15, -0.1) is 0 Å².